The van der Waals surface area contributed by atoms with Gasteiger partial charge >= 0.3 is 0 Å². The average molecular weight is 450 g/mol. The van der Waals surface area contributed by atoms with Gasteiger partial charge in [-0.15, -0.1) is 0 Å². The second kappa shape index (κ2) is 11.5. The van der Waals surface area contributed by atoms with Gasteiger partial charge in [0.2, 0.25) is 7.71 Å². The van der Waals surface area contributed by atoms with Crippen molar-refractivity contribution in [2.75, 3.05) is 61.0 Å². The zero-order chi connectivity index (χ0) is 22.5. The van der Waals surface area contributed by atoms with Crippen molar-refractivity contribution in [3.05, 3.63) is 0 Å². The molecule has 0 aliphatic carbocycles. The molecule has 1 saturated heterocycles. The van der Waals surface area contributed by atoms with Crippen LogP contribution in [0, 0.1) is 0 Å². The van der Waals surface area contributed by atoms with Crippen LogP contribution < -0.4 is 10.2 Å². The maximum atomic E-state index is 4.04. The molecule has 174 valence electrons. The van der Waals surface area contributed by atoms with Crippen LogP contribution in [0.2, 0.25) is 0 Å². The van der Waals surface area contributed by atoms with Crippen molar-refractivity contribution >= 4 is 16.1 Å². The van der Waals surface area contributed by atoms with Crippen LogP contribution >= 0.6 is 16.1 Å². The van der Waals surface area contributed by atoms with Gasteiger partial charge in [0.15, 0.2) is 8.37 Å². The third-order valence-corrected chi connectivity index (χ3v) is 14.1. The summed E-state index contributed by atoms with van der Waals surface area (Å²) in [5.41, 5.74) is 0.312. The first-order chi connectivity index (χ1) is 13.2. The summed E-state index contributed by atoms with van der Waals surface area (Å²) in [4.78, 5) is 4.56. The van der Waals surface area contributed by atoms with Crippen LogP contribution in [0.4, 0.5) is 0 Å². The molecule has 8 heteroatoms. The van der Waals surface area contributed by atoms with Gasteiger partial charge in [-0.3, -0.25) is 5.09 Å². The number of rotatable bonds is 12. The topological polar surface area (TPSA) is 37.0 Å². The van der Waals surface area contributed by atoms with Gasteiger partial charge in [-0.2, -0.15) is 5.09 Å². The van der Waals surface area contributed by atoms with Crippen LogP contribution in [0.3, 0.4) is 0 Å². The quantitative estimate of drug-likeness (QED) is 0.333. The van der Waals surface area contributed by atoms with Crippen LogP contribution in [-0.2, 0) is 0 Å². The molecule has 0 aromatic carbocycles. The Morgan fingerprint density at radius 1 is 0.724 bits per heavy atom. The molecule has 0 atom stereocenters. The van der Waals surface area contributed by atoms with Gasteiger partial charge in [0.1, 0.15) is 0 Å². The molecule has 1 aliphatic heterocycles. The number of hydrogen-bond donors (Lipinski definition) is 2. The molecule has 0 bridgehead atoms. The molecule has 0 spiro atoms. The van der Waals surface area contributed by atoms with Gasteiger partial charge < -0.3 is 9.80 Å². The fourth-order valence-corrected chi connectivity index (χ4v) is 13.2. The van der Waals surface area contributed by atoms with Gasteiger partial charge in [0, 0.05) is 13.1 Å². The van der Waals surface area contributed by atoms with E-state index in [1.54, 1.807) is 0 Å². The average Bonchev–Trinajstić information content (AvgIpc) is 2.49. The largest absolute Gasteiger partial charge is 0.309 e. The summed E-state index contributed by atoms with van der Waals surface area (Å²) in [6.45, 7) is 21.3. The third kappa shape index (κ3) is 8.24. The van der Waals surface area contributed by atoms with E-state index in [1.165, 1.54) is 38.8 Å². The summed E-state index contributed by atoms with van der Waals surface area (Å²) in [6, 6.07) is 0. The minimum Gasteiger partial charge on any atom is -0.309 e. The molecule has 2 N–H and O–H groups in total. The van der Waals surface area contributed by atoms with Crippen LogP contribution in [0.15, 0.2) is 0 Å². The molecule has 6 nitrogen and oxygen atoms in total. The van der Waals surface area contributed by atoms with Crippen molar-refractivity contribution < 1.29 is 0 Å². The summed E-state index contributed by atoms with van der Waals surface area (Å²) in [6.07, 6.45) is 4.98. The van der Waals surface area contributed by atoms with Gasteiger partial charge in [0.25, 0.3) is 0 Å². The molecule has 29 heavy (non-hydrogen) atoms. The molecule has 0 aromatic rings. The lowest BCUT2D eigenvalue weighted by Crippen LogP contribution is -2.63. The Bertz CT molecular complexity index is 451. The Hall–Kier alpha value is 0.620. The molecule has 0 aromatic heterocycles. The molecule has 0 saturated carbocycles. The van der Waals surface area contributed by atoms with E-state index in [4.69, 9.17) is 0 Å². The van der Waals surface area contributed by atoms with E-state index in [-0.39, 0.29) is 11.1 Å². The minimum absolute atomic E-state index is 0.156. The predicted molar refractivity (Wildman–Crippen MR) is 135 cm³/mol. The van der Waals surface area contributed by atoms with Crippen molar-refractivity contribution in [1.29, 1.82) is 0 Å². The maximum Gasteiger partial charge on any atom is 0.234 e. The highest BCUT2D eigenvalue weighted by molar-refractivity contribution is 7.90. The van der Waals surface area contributed by atoms with Crippen molar-refractivity contribution in [2.24, 2.45) is 0 Å². The van der Waals surface area contributed by atoms with Crippen LogP contribution in [0.5, 0.6) is 0 Å². The summed E-state index contributed by atoms with van der Waals surface area (Å²) in [5.74, 6) is 0. The molecule has 0 amide bonds. The Morgan fingerprint density at radius 3 is 1.52 bits per heavy atom. The lowest BCUT2D eigenvalue weighted by Gasteiger charge is -2.62. The lowest BCUT2D eigenvalue weighted by molar-refractivity contribution is 0.262. The number of hydrogen-bond acceptors (Lipinski definition) is 6. The Morgan fingerprint density at radius 2 is 1.14 bits per heavy atom. The van der Waals surface area contributed by atoms with Gasteiger partial charge in [-0.05, 0) is 109 Å². The summed E-state index contributed by atoms with van der Waals surface area (Å²) in [5, 5.41) is 8.00. The van der Waals surface area contributed by atoms with E-state index in [9.17, 15) is 0 Å². The van der Waals surface area contributed by atoms with Gasteiger partial charge in [-0.1, -0.05) is 8.88 Å². The van der Waals surface area contributed by atoms with Crippen molar-refractivity contribution in [2.45, 2.75) is 78.3 Å². The first-order valence-corrected chi connectivity index (χ1v) is 14.7. The summed E-state index contributed by atoms with van der Waals surface area (Å²) < 4.78 is 5.61. The van der Waals surface area contributed by atoms with Gasteiger partial charge in [-0.25, -0.2) is 0 Å². The van der Waals surface area contributed by atoms with E-state index in [0.717, 1.165) is 13.1 Å². The molecule has 1 aliphatic rings. The van der Waals surface area contributed by atoms with E-state index >= 15 is 0 Å². The summed E-state index contributed by atoms with van der Waals surface area (Å²) in [7, 11) is 6.63. The normalized spacial score (nSPS) is 24.5. The van der Waals surface area contributed by atoms with E-state index < -0.39 is 16.1 Å². The predicted octanol–water partition coefficient (Wildman–Crippen LogP) is 4.68. The van der Waals surface area contributed by atoms with Crippen molar-refractivity contribution in [1.82, 2.24) is 28.9 Å². The second-order valence-electron chi connectivity index (χ2n) is 11.0. The zero-order valence-electron chi connectivity index (χ0n) is 21.3. The van der Waals surface area contributed by atoms with E-state index in [2.05, 4.69) is 105 Å². The molecular formula is C21H51N6P2+. The number of nitrogens with one attached hydrogen (secondary N) is 2. The SMILES string of the molecule is CN(C)CCCCNP1N(C(C)(C)C)[P+](C)(NCCCCN(C)C)N1C(C)(C)C. The molecule has 1 fully saturated rings. The first-order valence-electron chi connectivity index (χ1n) is 11.3. The zero-order valence-corrected chi connectivity index (χ0v) is 23.1. The minimum atomic E-state index is -1.54. The monoisotopic (exact) mass is 449 g/mol. The molecule has 0 radical (unpaired) electrons. The highest BCUT2D eigenvalue weighted by Gasteiger charge is 2.71. The number of nitrogens with zero attached hydrogens (tertiary/aromatic N) is 4. The molecule has 1 rings (SSSR count). The summed E-state index contributed by atoms with van der Waals surface area (Å²) >= 11 is 0. The van der Waals surface area contributed by atoms with Crippen molar-refractivity contribution in [3.8, 4) is 0 Å². The molecule has 0 unspecified atom stereocenters. The van der Waals surface area contributed by atoms with Crippen LogP contribution in [-0.4, -0.2) is 90.8 Å². The second-order valence-corrected chi connectivity index (χ2v) is 16.2. The maximum absolute atomic E-state index is 4.04. The molecule has 1 heterocycles. The van der Waals surface area contributed by atoms with E-state index in [1.807, 2.05) is 0 Å². The lowest BCUT2D eigenvalue weighted by atomic mass is 10.1. The highest BCUT2D eigenvalue weighted by atomic mass is 31.3. The highest BCUT2D eigenvalue weighted by Crippen LogP contribution is 2.86. The fourth-order valence-electron chi connectivity index (χ4n) is 4.04. The third-order valence-electron chi connectivity index (χ3n) is 5.03. The Kier molecular flexibility index (Phi) is 10.9. The first kappa shape index (κ1) is 27.7. The van der Waals surface area contributed by atoms with Crippen LogP contribution in [0.25, 0.3) is 0 Å². The smallest absolute Gasteiger partial charge is 0.234 e. The number of unbranched alkanes of at least 4 members (excludes halogenated alkanes) is 2. The standard InChI is InChI=1S/C21H51N6P2/c1-20(2,3)26-28(22-16-12-14-18-24(7)8)27(21(4,5)6)29(26,11)23-17-13-15-19-25(9)10/h22-23H,12-19H2,1-11H3/q+1. The Balaban J connectivity index is 2.81. The Labute approximate surface area is 184 Å². The van der Waals surface area contributed by atoms with E-state index in [0.29, 0.717) is 0 Å². The van der Waals surface area contributed by atoms with Gasteiger partial charge in [0.05, 0.1) is 17.7 Å². The fraction of sp³-hybridized carbons (Fsp3) is 1.00. The molecular weight excluding hydrogens is 398 g/mol. The van der Waals surface area contributed by atoms with Crippen LogP contribution in [0.1, 0.15) is 67.2 Å². The van der Waals surface area contributed by atoms with Crippen molar-refractivity contribution in [3.63, 3.8) is 0 Å².